The highest BCUT2D eigenvalue weighted by Gasteiger charge is 2.01. The SMILES string of the molecule is C=C(C)C(CC)CBr. The van der Waals surface area contributed by atoms with Gasteiger partial charge in [-0.1, -0.05) is 35.0 Å². The first kappa shape index (κ1) is 8.22. The van der Waals surface area contributed by atoms with Crippen LogP contribution in [0.15, 0.2) is 12.2 Å². The second-order valence-corrected chi connectivity index (χ2v) is 2.75. The fraction of sp³-hybridized carbons (Fsp3) is 0.714. The maximum atomic E-state index is 3.87. The van der Waals surface area contributed by atoms with Gasteiger partial charge in [0.1, 0.15) is 0 Å². The number of rotatable bonds is 3. The van der Waals surface area contributed by atoms with Crippen LogP contribution in [0.4, 0.5) is 0 Å². The Balaban J connectivity index is 3.52. The van der Waals surface area contributed by atoms with Gasteiger partial charge in [-0.25, -0.2) is 0 Å². The third-order valence-corrected chi connectivity index (χ3v) is 2.16. The van der Waals surface area contributed by atoms with E-state index in [9.17, 15) is 0 Å². The Hall–Kier alpha value is 0.220. The number of alkyl halides is 1. The molecule has 0 aromatic carbocycles. The zero-order valence-electron chi connectivity index (χ0n) is 5.58. The van der Waals surface area contributed by atoms with E-state index in [-0.39, 0.29) is 0 Å². The predicted octanol–water partition coefficient (Wildman–Crippen LogP) is 2.98. The van der Waals surface area contributed by atoms with Gasteiger partial charge in [-0.3, -0.25) is 0 Å². The van der Waals surface area contributed by atoms with Gasteiger partial charge in [0.2, 0.25) is 0 Å². The van der Waals surface area contributed by atoms with E-state index in [2.05, 4.69) is 36.4 Å². The van der Waals surface area contributed by atoms with E-state index in [0.717, 1.165) is 5.33 Å². The first-order valence-corrected chi connectivity index (χ1v) is 4.05. The lowest BCUT2D eigenvalue weighted by Gasteiger charge is -2.08. The molecule has 1 atom stereocenters. The predicted molar refractivity (Wildman–Crippen MR) is 42.4 cm³/mol. The van der Waals surface area contributed by atoms with E-state index in [0.29, 0.717) is 5.92 Å². The van der Waals surface area contributed by atoms with E-state index < -0.39 is 0 Å². The second-order valence-electron chi connectivity index (χ2n) is 2.11. The Bertz CT molecular complexity index is 72.5. The van der Waals surface area contributed by atoms with Gasteiger partial charge in [0.15, 0.2) is 0 Å². The molecule has 0 radical (unpaired) electrons. The average molecular weight is 177 g/mol. The van der Waals surface area contributed by atoms with Crippen LogP contribution in [-0.4, -0.2) is 5.33 Å². The van der Waals surface area contributed by atoms with Crippen molar-refractivity contribution >= 4 is 15.9 Å². The van der Waals surface area contributed by atoms with Crippen LogP contribution in [-0.2, 0) is 0 Å². The Morgan fingerprint density at radius 2 is 2.25 bits per heavy atom. The maximum Gasteiger partial charge on any atom is 0.00966 e. The van der Waals surface area contributed by atoms with Crippen LogP contribution in [0.25, 0.3) is 0 Å². The van der Waals surface area contributed by atoms with E-state index in [1.54, 1.807) is 0 Å². The molecule has 0 aromatic heterocycles. The molecule has 0 aliphatic carbocycles. The molecule has 48 valence electrons. The van der Waals surface area contributed by atoms with Gasteiger partial charge in [-0.05, 0) is 19.3 Å². The van der Waals surface area contributed by atoms with Crippen LogP contribution in [0.2, 0.25) is 0 Å². The second kappa shape index (κ2) is 4.13. The molecule has 8 heavy (non-hydrogen) atoms. The van der Waals surface area contributed by atoms with E-state index in [1.165, 1.54) is 12.0 Å². The number of hydrogen-bond acceptors (Lipinski definition) is 0. The molecule has 0 heterocycles. The first-order valence-electron chi connectivity index (χ1n) is 2.93. The summed E-state index contributed by atoms with van der Waals surface area (Å²) >= 11 is 3.42. The molecule has 0 fully saturated rings. The molecule has 0 N–H and O–H groups in total. The molecule has 1 heteroatoms. The summed E-state index contributed by atoms with van der Waals surface area (Å²) in [5.41, 5.74) is 1.28. The first-order chi connectivity index (χ1) is 3.72. The molecule has 1 unspecified atom stereocenters. The fourth-order valence-corrected chi connectivity index (χ4v) is 1.60. The van der Waals surface area contributed by atoms with Crippen LogP contribution < -0.4 is 0 Å². The molecule has 0 bridgehead atoms. The molecular formula is C7H13Br. The Morgan fingerprint density at radius 3 is 2.25 bits per heavy atom. The van der Waals surface area contributed by atoms with Gasteiger partial charge in [0.25, 0.3) is 0 Å². The zero-order valence-corrected chi connectivity index (χ0v) is 7.16. The lowest BCUT2D eigenvalue weighted by Crippen LogP contribution is -1.99. The van der Waals surface area contributed by atoms with Crippen molar-refractivity contribution < 1.29 is 0 Å². The molecule has 0 aliphatic rings. The summed E-state index contributed by atoms with van der Waals surface area (Å²) in [6.45, 7) is 8.13. The van der Waals surface area contributed by atoms with Crippen LogP contribution in [0.5, 0.6) is 0 Å². The fourth-order valence-electron chi connectivity index (χ4n) is 0.589. The van der Waals surface area contributed by atoms with Gasteiger partial charge in [-0.2, -0.15) is 0 Å². The van der Waals surface area contributed by atoms with Crippen LogP contribution in [0, 0.1) is 5.92 Å². The number of hydrogen-bond donors (Lipinski definition) is 0. The molecular weight excluding hydrogens is 164 g/mol. The topological polar surface area (TPSA) is 0 Å². The molecule has 0 saturated carbocycles. The van der Waals surface area contributed by atoms with Gasteiger partial charge in [0, 0.05) is 5.33 Å². The van der Waals surface area contributed by atoms with Crippen molar-refractivity contribution in [3.05, 3.63) is 12.2 Å². The Morgan fingerprint density at radius 1 is 1.75 bits per heavy atom. The molecule has 0 saturated heterocycles. The van der Waals surface area contributed by atoms with E-state index in [4.69, 9.17) is 0 Å². The third-order valence-electron chi connectivity index (χ3n) is 1.38. The minimum Gasteiger partial charge on any atom is -0.0998 e. The smallest absolute Gasteiger partial charge is 0.00966 e. The van der Waals surface area contributed by atoms with Crippen LogP contribution >= 0.6 is 15.9 Å². The minimum absolute atomic E-state index is 0.676. The monoisotopic (exact) mass is 176 g/mol. The maximum absolute atomic E-state index is 3.87. The molecule has 0 nitrogen and oxygen atoms in total. The largest absolute Gasteiger partial charge is 0.0998 e. The highest BCUT2D eigenvalue weighted by Crippen LogP contribution is 2.14. The van der Waals surface area contributed by atoms with Crippen LogP contribution in [0.3, 0.4) is 0 Å². The average Bonchev–Trinajstić information content (AvgIpc) is 1.69. The lowest BCUT2D eigenvalue weighted by atomic mass is 10.0. The highest BCUT2D eigenvalue weighted by atomic mass is 79.9. The van der Waals surface area contributed by atoms with E-state index >= 15 is 0 Å². The van der Waals surface area contributed by atoms with Gasteiger partial charge >= 0.3 is 0 Å². The summed E-state index contributed by atoms with van der Waals surface area (Å²) in [4.78, 5) is 0. The third kappa shape index (κ3) is 2.51. The van der Waals surface area contributed by atoms with Gasteiger partial charge in [-0.15, -0.1) is 0 Å². The van der Waals surface area contributed by atoms with Crippen LogP contribution in [0.1, 0.15) is 20.3 Å². The summed E-state index contributed by atoms with van der Waals surface area (Å²) in [5, 5.41) is 1.05. The molecule has 0 rings (SSSR count). The molecule has 0 aliphatic heterocycles. The summed E-state index contributed by atoms with van der Waals surface area (Å²) in [6.07, 6.45) is 1.20. The van der Waals surface area contributed by atoms with Crippen molar-refractivity contribution in [2.75, 3.05) is 5.33 Å². The Kier molecular flexibility index (Phi) is 4.25. The van der Waals surface area contributed by atoms with Crippen molar-refractivity contribution in [2.24, 2.45) is 5.92 Å². The van der Waals surface area contributed by atoms with Gasteiger partial charge < -0.3 is 0 Å². The van der Waals surface area contributed by atoms with Crippen molar-refractivity contribution in [1.29, 1.82) is 0 Å². The molecule has 0 aromatic rings. The van der Waals surface area contributed by atoms with Crippen molar-refractivity contribution in [2.45, 2.75) is 20.3 Å². The number of halogens is 1. The zero-order chi connectivity index (χ0) is 6.57. The summed E-state index contributed by atoms with van der Waals surface area (Å²) in [5.74, 6) is 0.676. The van der Waals surface area contributed by atoms with Crippen molar-refractivity contribution in [3.8, 4) is 0 Å². The van der Waals surface area contributed by atoms with Crippen molar-refractivity contribution in [3.63, 3.8) is 0 Å². The quantitative estimate of drug-likeness (QED) is 0.459. The molecule has 0 amide bonds. The summed E-state index contributed by atoms with van der Waals surface area (Å²) in [6, 6.07) is 0. The van der Waals surface area contributed by atoms with Gasteiger partial charge in [0.05, 0.1) is 0 Å². The van der Waals surface area contributed by atoms with Crippen molar-refractivity contribution in [1.82, 2.24) is 0 Å². The molecule has 0 spiro atoms. The standard InChI is InChI=1S/C7H13Br/c1-4-7(5-8)6(2)3/h7H,2,4-5H2,1,3H3. The van der Waals surface area contributed by atoms with E-state index in [1.807, 2.05) is 0 Å². The lowest BCUT2D eigenvalue weighted by molar-refractivity contribution is 0.673. The Labute approximate surface area is 60.1 Å². The highest BCUT2D eigenvalue weighted by molar-refractivity contribution is 9.09. The number of allylic oxidation sites excluding steroid dienone is 1. The summed E-state index contributed by atoms with van der Waals surface area (Å²) < 4.78 is 0. The normalized spacial score (nSPS) is 13.4. The summed E-state index contributed by atoms with van der Waals surface area (Å²) in [7, 11) is 0. The minimum atomic E-state index is 0.676.